The van der Waals surface area contributed by atoms with Crippen LogP contribution in [0.5, 0.6) is 0 Å². The van der Waals surface area contributed by atoms with Crippen molar-refractivity contribution in [2.24, 2.45) is 5.73 Å². The Morgan fingerprint density at radius 1 is 1.30 bits per heavy atom. The van der Waals surface area contributed by atoms with Crippen LogP contribution in [0.25, 0.3) is 0 Å². The van der Waals surface area contributed by atoms with E-state index in [-0.39, 0.29) is 24.6 Å². The number of nitrogens with two attached hydrogens (primary N) is 1. The lowest BCUT2D eigenvalue weighted by molar-refractivity contribution is 0.511. The highest BCUT2D eigenvalue weighted by atomic mass is 19.1. The molecule has 0 radical (unpaired) electrons. The van der Waals surface area contributed by atoms with Gasteiger partial charge in [-0.1, -0.05) is 18.2 Å². The summed E-state index contributed by atoms with van der Waals surface area (Å²) in [7, 11) is 0. The quantitative estimate of drug-likeness (QED) is 0.910. The van der Waals surface area contributed by atoms with Crippen molar-refractivity contribution in [1.82, 2.24) is 14.3 Å². The van der Waals surface area contributed by atoms with Crippen molar-refractivity contribution in [1.29, 1.82) is 0 Å². The van der Waals surface area contributed by atoms with Crippen LogP contribution in [0.1, 0.15) is 29.8 Å². The lowest BCUT2D eigenvalue weighted by atomic mass is 10.1. The van der Waals surface area contributed by atoms with Gasteiger partial charge in [0.1, 0.15) is 11.6 Å². The number of hydrogen-bond acceptors (Lipinski definition) is 3. The maximum absolute atomic E-state index is 14.1. The Hall–Kier alpha value is -1.95. The largest absolute Gasteiger partial charge is 0.346 e. The monoisotopic (exact) mass is 276 g/mol. The maximum atomic E-state index is 14.1. The fourth-order valence-corrected chi connectivity index (χ4v) is 2.63. The first-order valence-electron chi connectivity index (χ1n) is 6.83. The van der Waals surface area contributed by atoms with Crippen molar-refractivity contribution < 1.29 is 4.39 Å². The van der Waals surface area contributed by atoms with Crippen molar-refractivity contribution >= 4 is 0 Å². The van der Waals surface area contributed by atoms with Crippen LogP contribution in [0.3, 0.4) is 0 Å². The number of aryl methyl sites for hydroxylation is 1. The predicted octanol–water partition coefficient (Wildman–Crippen LogP) is 1.03. The molecule has 0 aliphatic carbocycles. The van der Waals surface area contributed by atoms with Gasteiger partial charge < -0.3 is 5.73 Å². The number of fused-ring (bicyclic) bond motifs is 1. The molecule has 1 aromatic heterocycles. The Morgan fingerprint density at radius 3 is 2.85 bits per heavy atom. The molecule has 1 aliphatic rings. The van der Waals surface area contributed by atoms with Gasteiger partial charge in [0.25, 0.3) is 0 Å². The zero-order valence-corrected chi connectivity index (χ0v) is 11.2. The maximum Gasteiger partial charge on any atom is 0.346 e. The average molecular weight is 276 g/mol. The molecular weight excluding hydrogens is 259 g/mol. The summed E-state index contributed by atoms with van der Waals surface area (Å²) in [6, 6.07) is 5.07. The van der Waals surface area contributed by atoms with Gasteiger partial charge in [-0.15, -0.1) is 0 Å². The molecule has 0 saturated carbocycles. The molecule has 0 saturated heterocycles. The zero-order chi connectivity index (χ0) is 14.1. The fraction of sp³-hybridized carbons (Fsp3) is 0.429. The van der Waals surface area contributed by atoms with Gasteiger partial charge in [-0.25, -0.2) is 13.9 Å². The van der Waals surface area contributed by atoms with Crippen molar-refractivity contribution in [3.8, 4) is 0 Å². The number of aromatic nitrogens is 3. The molecule has 0 amide bonds. The highest BCUT2D eigenvalue weighted by Crippen LogP contribution is 2.14. The topological polar surface area (TPSA) is 65.8 Å². The Kier molecular flexibility index (Phi) is 3.40. The fourth-order valence-electron chi connectivity index (χ4n) is 2.63. The van der Waals surface area contributed by atoms with Crippen molar-refractivity contribution in [3.63, 3.8) is 0 Å². The van der Waals surface area contributed by atoms with E-state index < -0.39 is 0 Å². The standard InChI is InChI=1S/C14H17FN4O/c15-13-10(8-16)4-3-5-11(13)9-19-14(20)18-7-2-1-6-12(18)17-19/h3-5H,1-2,6-9,16H2. The van der Waals surface area contributed by atoms with E-state index in [1.165, 1.54) is 4.68 Å². The lowest BCUT2D eigenvalue weighted by Gasteiger charge is -2.09. The molecule has 0 bridgehead atoms. The molecule has 20 heavy (non-hydrogen) atoms. The van der Waals surface area contributed by atoms with Crippen LogP contribution in [0.4, 0.5) is 4.39 Å². The second kappa shape index (κ2) is 5.20. The molecule has 2 heterocycles. The minimum atomic E-state index is -0.340. The van der Waals surface area contributed by atoms with E-state index in [0.717, 1.165) is 25.1 Å². The molecule has 0 spiro atoms. The van der Waals surface area contributed by atoms with Crippen molar-refractivity contribution in [2.75, 3.05) is 0 Å². The van der Waals surface area contributed by atoms with E-state index in [0.29, 0.717) is 17.7 Å². The van der Waals surface area contributed by atoms with Crippen molar-refractivity contribution in [3.05, 3.63) is 51.5 Å². The molecule has 5 nitrogen and oxygen atoms in total. The van der Waals surface area contributed by atoms with Crippen LogP contribution in [-0.4, -0.2) is 14.3 Å². The van der Waals surface area contributed by atoms with Gasteiger partial charge >= 0.3 is 5.69 Å². The third-order valence-corrected chi connectivity index (χ3v) is 3.73. The van der Waals surface area contributed by atoms with Gasteiger partial charge in [0.05, 0.1) is 6.54 Å². The van der Waals surface area contributed by atoms with Gasteiger partial charge in [-0.2, -0.15) is 5.10 Å². The highest BCUT2D eigenvalue weighted by Gasteiger charge is 2.17. The smallest absolute Gasteiger partial charge is 0.326 e. The summed E-state index contributed by atoms with van der Waals surface area (Å²) in [6.07, 6.45) is 2.86. The summed E-state index contributed by atoms with van der Waals surface area (Å²) in [4.78, 5) is 12.2. The molecule has 106 valence electrons. The van der Waals surface area contributed by atoms with E-state index in [9.17, 15) is 9.18 Å². The summed E-state index contributed by atoms with van der Waals surface area (Å²) in [6.45, 7) is 1.01. The van der Waals surface area contributed by atoms with Crippen LogP contribution in [0, 0.1) is 5.82 Å². The summed E-state index contributed by atoms with van der Waals surface area (Å²) < 4.78 is 17.2. The lowest BCUT2D eigenvalue weighted by Crippen LogP contribution is -2.27. The summed E-state index contributed by atoms with van der Waals surface area (Å²) in [5.74, 6) is 0.463. The molecule has 0 unspecified atom stereocenters. The van der Waals surface area contributed by atoms with E-state index >= 15 is 0 Å². The molecule has 0 atom stereocenters. The second-order valence-electron chi connectivity index (χ2n) is 5.06. The second-order valence-corrected chi connectivity index (χ2v) is 5.06. The molecule has 2 N–H and O–H groups in total. The van der Waals surface area contributed by atoms with Gasteiger partial charge in [0.2, 0.25) is 0 Å². The predicted molar refractivity (Wildman–Crippen MR) is 72.8 cm³/mol. The van der Waals surface area contributed by atoms with Crippen LogP contribution >= 0.6 is 0 Å². The SMILES string of the molecule is NCc1cccc(Cn2nc3n(c2=O)CCCC3)c1F. The summed E-state index contributed by atoms with van der Waals surface area (Å²) in [5.41, 5.74) is 6.25. The number of benzene rings is 1. The number of nitrogens with zero attached hydrogens (tertiary/aromatic N) is 3. The summed E-state index contributed by atoms with van der Waals surface area (Å²) in [5, 5.41) is 4.31. The Bertz CT molecular complexity index is 689. The first-order chi connectivity index (χ1) is 9.70. The third kappa shape index (κ3) is 2.16. The molecule has 6 heteroatoms. The Labute approximate surface area is 115 Å². The van der Waals surface area contributed by atoms with Crippen molar-refractivity contribution in [2.45, 2.75) is 38.9 Å². The van der Waals surface area contributed by atoms with Crippen LogP contribution in [-0.2, 0) is 26.1 Å². The third-order valence-electron chi connectivity index (χ3n) is 3.73. The van der Waals surface area contributed by atoms with Crippen LogP contribution < -0.4 is 11.4 Å². The summed E-state index contributed by atoms with van der Waals surface area (Å²) >= 11 is 0. The molecule has 3 rings (SSSR count). The molecule has 1 aromatic carbocycles. The number of rotatable bonds is 3. The first-order valence-corrected chi connectivity index (χ1v) is 6.83. The first kappa shape index (κ1) is 13.1. The number of hydrogen-bond donors (Lipinski definition) is 1. The van der Waals surface area contributed by atoms with Crippen LogP contribution in [0.2, 0.25) is 0 Å². The molecule has 0 fully saturated rings. The molecule has 1 aliphatic heterocycles. The van der Waals surface area contributed by atoms with Gasteiger partial charge in [-0.3, -0.25) is 4.57 Å². The van der Waals surface area contributed by atoms with E-state index in [2.05, 4.69) is 5.10 Å². The highest BCUT2D eigenvalue weighted by molar-refractivity contribution is 5.26. The normalized spacial score (nSPS) is 14.3. The van der Waals surface area contributed by atoms with Gasteiger partial charge in [0, 0.05) is 30.6 Å². The molecule has 2 aromatic rings. The van der Waals surface area contributed by atoms with Crippen LogP contribution in [0.15, 0.2) is 23.0 Å². The Morgan fingerprint density at radius 2 is 2.10 bits per heavy atom. The van der Waals surface area contributed by atoms with E-state index in [4.69, 9.17) is 5.73 Å². The minimum absolute atomic E-state index is 0.147. The van der Waals surface area contributed by atoms with Gasteiger partial charge in [-0.05, 0) is 12.8 Å². The average Bonchev–Trinajstić information content (AvgIpc) is 2.78. The van der Waals surface area contributed by atoms with E-state index in [1.807, 2.05) is 0 Å². The molecular formula is C14H17FN4O. The zero-order valence-electron chi connectivity index (χ0n) is 11.2. The Balaban J connectivity index is 1.96. The number of halogens is 1. The minimum Gasteiger partial charge on any atom is -0.326 e. The van der Waals surface area contributed by atoms with E-state index in [1.54, 1.807) is 22.8 Å². The van der Waals surface area contributed by atoms with Gasteiger partial charge in [0.15, 0.2) is 0 Å².